The lowest BCUT2D eigenvalue weighted by Gasteiger charge is -1.83. The van der Waals surface area contributed by atoms with Crippen molar-refractivity contribution in [2.24, 2.45) is 0 Å². The standard InChI is InChI=1S/C4H7BrO.C3H7BrO/c1-2-4(6)3-5;1-5-3-2-4/h2-3H2,1H3;2-3H2,1H3. The number of halogens is 2. The molecule has 0 spiro atoms. The molecule has 0 N–H and O–H groups in total. The predicted molar refractivity (Wildman–Crippen MR) is 54.8 cm³/mol. The molecule has 0 aromatic rings. The van der Waals surface area contributed by atoms with Gasteiger partial charge in [0.1, 0.15) is 5.78 Å². The summed E-state index contributed by atoms with van der Waals surface area (Å²) in [7, 11) is 1.68. The second kappa shape index (κ2) is 13.2. The molecule has 0 amide bonds. The summed E-state index contributed by atoms with van der Waals surface area (Å²) in [5, 5.41) is 1.44. The Labute approximate surface area is 84.9 Å². The molecule has 0 saturated heterocycles. The van der Waals surface area contributed by atoms with Gasteiger partial charge in [-0.3, -0.25) is 4.79 Å². The zero-order valence-corrected chi connectivity index (χ0v) is 10.1. The Hall–Kier alpha value is 0.590. The van der Waals surface area contributed by atoms with Gasteiger partial charge in [0, 0.05) is 18.9 Å². The van der Waals surface area contributed by atoms with Crippen LogP contribution >= 0.6 is 31.9 Å². The predicted octanol–water partition coefficient (Wildman–Crippen LogP) is 2.39. The maximum atomic E-state index is 10.1. The lowest BCUT2D eigenvalue weighted by atomic mass is 10.4. The quantitative estimate of drug-likeness (QED) is 0.743. The summed E-state index contributed by atoms with van der Waals surface area (Å²) in [4.78, 5) is 10.1. The fourth-order valence-corrected chi connectivity index (χ4v) is 0.892. The molecule has 0 rings (SSSR count). The summed E-state index contributed by atoms with van der Waals surface area (Å²) in [6.07, 6.45) is 0.644. The zero-order valence-electron chi connectivity index (χ0n) is 6.90. The maximum Gasteiger partial charge on any atom is 0.143 e. The third kappa shape index (κ3) is 18.0. The van der Waals surface area contributed by atoms with Crippen LogP contribution in [0.25, 0.3) is 0 Å². The van der Waals surface area contributed by atoms with Crippen LogP contribution in [0.5, 0.6) is 0 Å². The Morgan fingerprint density at radius 1 is 1.45 bits per heavy atom. The second-order valence-corrected chi connectivity index (χ2v) is 3.06. The molecule has 0 aliphatic heterocycles. The van der Waals surface area contributed by atoms with Crippen molar-refractivity contribution in [1.29, 1.82) is 0 Å². The molecule has 0 fully saturated rings. The van der Waals surface area contributed by atoms with E-state index in [0.29, 0.717) is 11.8 Å². The minimum absolute atomic E-state index is 0.259. The van der Waals surface area contributed by atoms with Gasteiger partial charge in [-0.1, -0.05) is 38.8 Å². The molecule has 0 atom stereocenters. The molecule has 0 saturated carbocycles. The van der Waals surface area contributed by atoms with Gasteiger partial charge in [0.15, 0.2) is 0 Å². The fraction of sp³-hybridized carbons (Fsp3) is 0.857. The van der Waals surface area contributed by atoms with E-state index < -0.39 is 0 Å². The molecular formula is C7H14Br2O2. The monoisotopic (exact) mass is 288 g/mol. The summed E-state index contributed by atoms with van der Waals surface area (Å²) >= 11 is 6.21. The third-order valence-corrected chi connectivity index (χ3v) is 1.77. The van der Waals surface area contributed by atoms with E-state index in [9.17, 15) is 4.79 Å². The van der Waals surface area contributed by atoms with Crippen molar-refractivity contribution in [3.05, 3.63) is 0 Å². The SMILES string of the molecule is CCC(=O)CBr.COCCBr. The summed E-state index contributed by atoms with van der Waals surface area (Å²) in [5.41, 5.74) is 0. The minimum Gasteiger partial charge on any atom is -0.384 e. The van der Waals surface area contributed by atoms with Gasteiger partial charge >= 0.3 is 0 Å². The highest BCUT2D eigenvalue weighted by Crippen LogP contribution is 1.84. The van der Waals surface area contributed by atoms with Crippen LogP contribution in [-0.4, -0.2) is 30.2 Å². The molecule has 11 heavy (non-hydrogen) atoms. The first kappa shape index (κ1) is 14.1. The van der Waals surface area contributed by atoms with Crippen LogP contribution in [0.3, 0.4) is 0 Å². The highest BCUT2D eigenvalue weighted by molar-refractivity contribution is 9.09. The molecule has 0 aromatic heterocycles. The van der Waals surface area contributed by atoms with E-state index in [1.165, 1.54) is 0 Å². The highest BCUT2D eigenvalue weighted by atomic mass is 79.9. The van der Waals surface area contributed by atoms with Crippen molar-refractivity contribution < 1.29 is 9.53 Å². The van der Waals surface area contributed by atoms with E-state index in [2.05, 4.69) is 36.6 Å². The minimum atomic E-state index is 0.259. The molecule has 0 aliphatic rings. The average molecular weight is 290 g/mol. The number of methoxy groups -OCH3 is 1. The fourth-order valence-electron chi connectivity index (χ4n) is 0.172. The smallest absolute Gasteiger partial charge is 0.143 e. The van der Waals surface area contributed by atoms with Gasteiger partial charge in [-0.2, -0.15) is 0 Å². The number of hydrogen-bond acceptors (Lipinski definition) is 2. The number of rotatable bonds is 4. The zero-order chi connectivity index (χ0) is 9.11. The van der Waals surface area contributed by atoms with Gasteiger partial charge < -0.3 is 4.74 Å². The lowest BCUT2D eigenvalue weighted by Crippen LogP contribution is -1.92. The van der Waals surface area contributed by atoms with Crippen LogP contribution in [0.15, 0.2) is 0 Å². The van der Waals surface area contributed by atoms with Gasteiger partial charge in [-0.05, 0) is 0 Å². The molecular weight excluding hydrogens is 276 g/mol. The van der Waals surface area contributed by atoms with Crippen LogP contribution in [0.1, 0.15) is 13.3 Å². The van der Waals surface area contributed by atoms with Crippen molar-refractivity contribution in [3.63, 3.8) is 0 Å². The molecule has 0 bridgehead atoms. The molecule has 0 aliphatic carbocycles. The van der Waals surface area contributed by atoms with Gasteiger partial charge in [0.25, 0.3) is 0 Å². The van der Waals surface area contributed by atoms with E-state index in [0.717, 1.165) is 11.9 Å². The summed E-state index contributed by atoms with van der Waals surface area (Å²) in [5.74, 6) is 0.259. The number of Topliss-reactive ketones (excluding diaryl/α,β-unsaturated/α-hetero) is 1. The second-order valence-electron chi connectivity index (χ2n) is 1.71. The van der Waals surface area contributed by atoms with Crippen LogP contribution in [0, 0.1) is 0 Å². The van der Waals surface area contributed by atoms with Crippen LogP contribution in [-0.2, 0) is 9.53 Å². The van der Waals surface area contributed by atoms with Crippen molar-refractivity contribution in [3.8, 4) is 0 Å². The van der Waals surface area contributed by atoms with Crippen LogP contribution < -0.4 is 0 Å². The summed E-state index contributed by atoms with van der Waals surface area (Å²) in [6, 6.07) is 0. The van der Waals surface area contributed by atoms with Crippen LogP contribution in [0.4, 0.5) is 0 Å². The molecule has 0 unspecified atom stereocenters. The first-order valence-electron chi connectivity index (χ1n) is 3.35. The van der Waals surface area contributed by atoms with Gasteiger partial charge in [0.2, 0.25) is 0 Å². The van der Waals surface area contributed by atoms with Crippen LogP contribution in [0.2, 0.25) is 0 Å². The molecule has 68 valence electrons. The average Bonchev–Trinajstić information content (AvgIpc) is 2.06. The number of ether oxygens (including phenoxy) is 1. The first-order chi connectivity index (χ1) is 5.22. The number of carbonyl (C=O) groups excluding carboxylic acids is 1. The normalized spacial score (nSPS) is 8.36. The summed E-state index contributed by atoms with van der Waals surface area (Å²) in [6.45, 7) is 2.66. The van der Waals surface area contributed by atoms with E-state index in [-0.39, 0.29) is 5.78 Å². The molecule has 4 heteroatoms. The molecule has 0 aromatic carbocycles. The van der Waals surface area contributed by atoms with Crippen molar-refractivity contribution in [1.82, 2.24) is 0 Å². The van der Waals surface area contributed by atoms with Gasteiger partial charge in [-0.25, -0.2) is 0 Å². The molecule has 2 nitrogen and oxygen atoms in total. The highest BCUT2D eigenvalue weighted by Gasteiger charge is 1.88. The Morgan fingerprint density at radius 2 is 2.00 bits per heavy atom. The molecule has 0 radical (unpaired) electrons. The van der Waals surface area contributed by atoms with Crippen molar-refractivity contribution in [2.75, 3.05) is 24.4 Å². The lowest BCUT2D eigenvalue weighted by molar-refractivity contribution is -0.116. The topological polar surface area (TPSA) is 26.3 Å². The van der Waals surface area contributed by atoms with Crippen molar-refractivity contribution >= 4 is 37.6 Å². The Bertz CT molecular complexity index is 78.5. The first-order valence-corrected chi connectivity index (χ1v) is 5.59. The molecule has 0 heterocycles. The number of hydrogen-bond donors (Lipinski definition) is 0. The van der Waals surface area contributed by atoms with Crippen molar-refractivity contribution in [2.45, 2.75) is 13.3 Å². The summed E-state index contributed by atoms with van der Waals surface area (Å²) < 4.78 is 4.64. The maximum absolute atomic E-state index is 10.1. The van der Waals surface area contributed by atoms with Gasteiger partial charge in [0.05, 0.1) is 11.9 Å². The number of carbonyl (C=O) groups is 1. The van der Waals surface area contributed by atoms with E-state index in [4.69, 9.17) is 0 Å². The van der Waals surface area contributed by atoms with E-state index in [1.54, 1.807) is 7.11 Å². The Kier molecular flexibility index (Phi) is 17.0. The van der Waals surface area contributed by atoms with E-state index >= 15 is 0 Å². The van der Waals surface area contributed by atoms with Gasteiger partial charge in [-0.15, -0.1) is 0 Å². The third-order valence-electron chi connectivity index (χ3n) is 0.825. The van der Waals surface area contributed by atoms with E-state index in [1.807, 2.05) is 6.92 Å². The Morgan fingerprint density at radius 3 is 2.00 bits per heavy atom. The largest absolute Gasteiger partial charge is 0.384 e. The Balaban J connectivity index is 0. The number of ketones is 1. The number of alkyl halides is 2.